The van der Waals surface area contributed by atoms with E-state index in [-0.39, 0.29) is 17.5 Å². The molecular formula is C27H31N7O3. The molecule has 4 heterocycles. The molecule has 0 bridgehead atoms. The van der Waals surface area contributed by atoms with Gasteiger partial charge in [0.2, 0.25) is 0 Å². The molecule has 37 heavy (non-hydrogen) atoms. The van der Waals surface area contributed by atoms with E-state index in [9.17, 15) is 9.59 Å². The number of furan rings is 1. The fourth-order valence-corrected chi connectivity index (χ4v) is 5.81. The number of carbonyl (C=O) groups excluding carboxylic acids is 1. The number of aromatic nitrogens is 5. The number of hydrogen-bond donors (Lipinski definition) is 1. The number of aryl methyl sites for hydroxylation is 1. The first-order valence-corrected chi connectivity index (χ1v) is 13.1. The van der Waals surface area contributed by atoms with Crippen LogP contribution in [0, 0.1) is 6.92 Å². The maximum absolute atomic E-state index is 13.5. The van der Waals surface area contributed by atoms with Gasteiger partial charge in [-0.15, -0.1) is 5.10 Å². The van der Waals surface area contributed by atoms with Gasteiger partial charge in [0.25, 0.3) is 11.5 Å². The molecule has 192 valence electrons. The number of hydrogen-bond acceptors (Lipinski definition) is 7. The number of nitrogens with one attached hydrogen (secondary N) is 1. The molecule has 1 atom stereocenters. The van der Waals surface area contributed by atoms with Crippen molar-refractivity contribution in [1.29, 1.82) is 0 Å². The molecule has 0 spiro atoms. The minimum atomic E-state index is -0.425. The van der Waals surface area contributed by atoms with Gasteiger partial charge >= 0.3 is 0 Å². The first-order chi connectivity index (χ1) is 18.1. The Balaban J connectivity index is 1.38. The molecule has 1 aromatic carbocycles. The predicted octanol–water partition coefficient (Wildman–Crippen LogP) is 3.47. The third kappa shape index (κ3) is 4.46. The second-order valence-corrected chi connectivity index (χ2v) is 10.1. The van der Waals surface area contributed by atoms with Crippen LogP contribution in [0.1, 0.15) is 71.7 Å². The number of H-pyrrole nitrogens is 1. The third-order valence-electron chi connectivity index (χ3n) is 7.79. The zero-order chi connectivity index (χ0) is 25.4. The van der Waals surface area contributed by atoms with Crippen LogP contribution in [0.4, 0.5) is 0 Å². The van der Waals surface area contributed by atoms with Gasteiger partial charge in [0, 0.05) is 31.7 Å². The van der Waals surface area contributed by atoms with Gasteiger partial charge in [0.1, 0.15) is 6.04 Å². The second-order valence-electron chi connectivity index (χ2n) is 10.1. The first-order valence-electron chi connectivity index (χ1n) is 13.1. The van der Waals surface area contributed by atoms with Gasteiger partial charge in [0.15, 0.2) is 11.6 Å². The molecule has 10 heteroatoms. The Morgan fingerprint density at radius 1 is 1.08 bits per heavy atom. The summed E-state index contributed by atoms with van der Waals surface area (Å²) < 4.78 is 7.27. The summed E-state index contributed by atoms with van der Waals surface area (Å²) in [6, 6.07) is 11.2. The summed E-state index contributed by atoms with van der Waals surface area (Å²) in [6.45, 7) is 4.20. The van der Waals surface area contributed by atoms with Crippen LogP contribution >= 0.6 is 0 Å². The number of rotatable bonds is 5. The lowest BCUT2D eigenvalue weighted by Crippen LogP contribution is -2.51. The van der Waals surface area contributed by atoms with Crippen molar-refractivity contribution in [2.45, 2.75) is 51.1 Å². The first kappa shape index (κ1) is 23.6. The average Bonchev–Trinajstić information content (AvgIpc) is 3.64. The Bertz CT molecular complexity index is 1440. The highest BCUT2D eigenvalue weighted by molar-refractivity contribution is 5.91. The Kier molecular flexibility index (Phi) is 6.33. The zero-order valence-corrected chi connectivity index (χ0v) is 21.0. The molecule has 0 radical (unpaired) electrons. The number of carbonyl (C=O) groups is 1. The normalized spacial score (nSPS) is 18.4. The maximum Gasteiger partial charge on any atom is 0.289 e. The van der Waals surface area contributed by atoms with Gasteiger partial charge in [-0.1, -0.05) is 37.5 Å². The number of fused-ring (bicyclic) bond motifs is 1. The van der Waals surface area contributed by atoms with Crippen molar-refractivity contribution in [2.75, 3.05) is 26.2 Å². The summed E-state index contributed by atoms with van der Waals surface area (Å²) in [4.78, 5) is 33.5. The number of pyridine rings is 1. The lowest BCUT2D eigenvalue weighted by molar-refractivity contribution is 0.0556. The fraction of sp³-hybridized carbons (Fsp3) is 0.444. The molecule has 2 fully saturated rings. The van der Waals surface area contributed by atoms with Crippen LogP contribution in [0.25, 0.3) is 10.9 Å². The smallest absolute Gasteiger partial charge is 0.289 e. The van der Waals surface area contributed by atoms with Crippen LogP contribution in [-0.4, -0.2) is 67.1 Å². The van der Waals surface area contributed by atoms with Gasteiger partial charge in [-0.25, -0.2) is 4.68 Å². The molecule has 1 saturated carbocycles. The van der Waals surface area contributed by atoms with Crippen LogP contribution in [0.15, 0.2) is 51.9 Å². The molecule has 6 rings (SSSR count). The fourth-order valence-electron chi connectivity index (χ4n) is 5.81. The van der Waals surface area contributed by atoms with Crippen molar-refractivity contribution >= 4 is 16.8 Å². The summed E-state index contributed by atoms with van der Waals surface area (Å²) in [6.07, 6.45) is 7.11. The highest BCUT2D eigenvalue weighted by Crippen LogP contribution is 2.33. The Morgan fingerprint density at radius 2 is 1.89 bits per heavy atom. The van der Waals surface area contributed by atoms with Crippen molar-refractivity contribution in [2.24, 2.45) is 0 Å². The molecule has 1 amide bonds. The SMILES string of the molecule is Cc1cccc2cc(C(c3nnnn3C3CCCCC3)N3CCN(C(=O)c4ccco4)CC3)c(=O)[nH]c12. The number of amides is 1. The third-order valence-corrected chi connectivity index (χ3v) is 7.79. The number of para-hydroxylation sites is 1. The molecule has 1 N–H and O–H groups in total. The van der Waals surface area contributed by atoms with Crippen LogP contribution in [0.5, 0.6) is 0 Å². The van der Waals surface area contributed by atoms with Gasteiger partial charge in [0.05, 0.1) is 17.8 Å². The Morgan fingerprint density at radius 3 is 2.65 bits per heavy atom. The number of aromatic amines is 1. The molecule has 10 nitrogen and oxygen atoms in total. The van der Waals surface area contributed by atoms with Crippen LogP contribution in [-0.2, 0) is 0 Å². The number of nitrogens with zero attached hydrogens (tertiary/aromatic N) is 6. The van der Waals surface area contributed by atoms with E-state index in [4.69, 9.17) is 4.42 Å². The summed E-state index contributed by atoms with van der Waals surface area (Å²) in [5, 5.41) is 13.9. The quantitative estimate of drug-likeness (QED) is 0.445. The Labute approximate surface area is 214 Å². The molecule has 3 aromatic heterocycles. The molecule has 4 aromatic rings. The molecule has 1 saturated heterocycles. The van der Waals surface area contributed by atoms with Gasteiger partial charge in [-0.2, -0.15) is 0 Å². The van der Waals surface area contributed by atoms with Crippen molar-refractivity contribution in [3.05, 3.63) is 75.7 Å². The Hall–Kier alpha value is -3.79. The maximum atomic E-state index is 13.5. The van der Waals surface area contributed by atoms with E-state index >= 15 is 0 Å². The second kappa shape index (κ2) is 9.93. The minimum Gasteiger partial charge on any atom is -0.459 e. The van der Waals surface area contributed by atoms with Gasteiger partial charge in [-0.05, 0) is 59.3 Å². The standard InChI is InChI=1S/C27H31N7O3/c1-18-7-5-8-19-17-21(26(35)28-23(18)19)24(25-29-30-31-34(25)20-9-3-2-4-10-20)32-12-14-33(15-13-32)27(36)22-11-6-16-37-22/h5-8,11,16-17,20,24H,2-4,9-10,12-15H2,1H3,(H,28,35). The summed E-state index contributed by atoms with van der Waals surface area (Å²) >= 11 is 0. The van der Waals surface area contributed by atoms with E-state index in [0.29, 0.717) is 43.3 Å². The minimum absolute atomic E-state index is 0.118. The lowest BCUT2D eigenvalue weighted by Gasteiger charge is -2.38. The van der Waals surface area contributed by atoms with Crippen LogP contribution < -0.4 is 5.56 Å². The molecule has 1 aliphatic carbocycles. The van der Waals surface area contributed by atoms with E-state index in [1.165, 1.54) is 12.7 Å². The van der Waals surface area contributed by atoms with Crippen molar-refractivity contribution < 1.29 is 9.21 Å². The van der Waals surface area contributed by atoms with Crippen molar-refractivity contribution in [1.82, 2.24) is 35.0 Å². The largest absolute Gasteiger partial charge is 0.459 e. The van der Waals surface area contributed by atoms with Crippen molar-refractivity contribution in [3.63, 3.8) is 0 Å². The number of tetrazole rings is 1. The van der Waals surface area contributed by atoms with Crippen molar-refractivity contribution in [3.8, 4) is 0 Å². The summed E-state index contributed by atoms with van der Waals surface area (Å²) in [5.41, 5.74) is 2.35. The van der Waals surface area contributed by atoms with Gasteiger partial charge in [-0.3, -0.25) is 14.5 Å². The van der Waals surface area contributed by atoms with Crippen LogP contribution in [0.3, 0.4) is 0 Å². The van der Waals surface area contributed by atoms with Gasteiger partial charge < -0.3 is 14.3 Å². The molecule has 1 unspecified atom stereocenters. The van der Waals surface area contributed by atoms with E-state index < -0.39 is 6.04 Å². The molecular weight excluding hydrogens is 470 g/mol. The highest BCUT2D eigenvalue weighted by Gasteiger charge is 2.35. The van der Waals surface area contributed by atoms with E-state index in [1.807, 2.05) is 35.9 Å². The van der Waals surface area contributed by atoms with E-state index in [1.54, 1.807) is 17.0 Å². The molecule has 1 aliphatic heterocycles. The highest BCUT2D eigenvalue weighted by atomic mass is 16.3. The van der Waals surface area contributed by atoms with E-state index in [0.717, 1.165) is 42.1 Å². The number of benzene rings is 1. The predicted molar refractivity (Wildman–Crippen MR) is 137 cm³/mol. The lowest BCUT2D eigenvalue weighted by atomic mass is 9.95. The monoisotopic (exact) mass is 501 g/mol. The topological polar surface area (TPSA) is 113 Å². The average molecular weight is 502 g/mol. The summed E-state index contributed by atoms with van der Waals surface area (Å²) in [5.74, 6) is 0.912. The molecule has 2 aliphatic rings. The van der Waals surface area contributed by atoms with E-state index in [2.05, 4.69) is 25.4 Å². The number of piperazine rings is 1. The van der Waals surface area contributed by atoms with Crippen LogP contribution in [0.2, 0.25) is 0 Å². The summed E-state index contributed by atoms with van der Waals surface area (Å²) in [7, 11) is 0. The zero-order valence-electron chi connectivity index (χ0n) is 21.0.